The molecule has 2 aromatic carbocycles. The number of nitrogens with one attached hydrogen (secondary N) is 1. The molecule has 0 aromatic heterocycles. The van der Waals surface area contributed by atoms with Gasteiger partial charge in [0.25, 0.3) is 0 Å². The van der Waals surface area contributed by atoms with E-state index in [9.17, 15) is 19.5 Å². The third kappa shape index (κ3) is 3.83. The molecule has 5 rings (SSSR count). The molecule has 1 heterocycles. The van der Waals surface area contributed by atoms with Crippen LogP contribution < -0.4 is 5.32 Å². The monoisotopic (exact) mass is 462 g/mol. The van der Waals surface area contributed by atoms with Crippen molar-refractivity contribution >= 4 is 18.0 Å². The van der Waals surface area contributed by atoms with Crippen LogP contribution in [0.3, 0.4) is 0 Å². The van der Waals surface area contributed by atoms with Crippen LogP contribution in [-0.2, 0) is 14.3 Å². The van der Waals surface area contributed by atoms with Crippen molar-refractivity contribution in [2.75, 3.05) is 26.2 Å². The van der Waals surface area contributed by atoms with E-state index in [-0.39, 0.29) is 37.4 Å². The van der Waals surface area contributed by atoms with Crippen molar-refractivity contribution in [1.29, 1.82) is 0 Å². The van der Waals surface area contributed by atoms with Gasteiger partial charge in [-0.1, -0.05) is 61.9 Å². The van der Waals surface area contributed by atoms with Crippen LogP contribution in [0.25, 0.3) is 11.1 Å². The van der Waals surface area contributed by atoms with E-state index in [1.165, 1.54) is 11.1 Å². The first-order chi connectivity index (χ1) is 16.4. The molecular formula is C27H30N2O5. The predicted octanol–water partition coefficient (Wildman–Crippen LogP) is 3.87. The van der Waals surface area contributed by atoms with E-state index in [0.717, 1.165) is 17.5 Å². The number of nitrogens with zero attached hydrogens (tertiary/aromatic N) is 1. The fourth-order valence-electron chi connectivity index (χ4n) is 5.75. The number of carbonyl (C=O) groups is 3. The van der Waals surface area contributed by atoms with Gasteiger partial charge in [0.15, 0.2) is 0 Å². The summed E-state index contributed by atoms with van der Waals surface area (Å²) < 4.78 is 5.62. The van der Waals surface area contributed by atoms with Gasteiger partial charge in [-0.3, -0.25) is 9.59 Å². The molecule has 2 amide bonds. The van der Waals surface area contributed by atoms with Crippen LogP contribution in [0.4, 0.5) is 4.79 Å². The minimum atomic E-state index is -0.859. The molecule has 2 atom stereocenters. The maximum absolute atomic E-state index is 13.3. The zero-order valence-electron chi connectivity index (χ0n) is 19.3. The Hall–Kier alpha value is -3.35. The Kier molecular flexibility index (Phi) is 5.80. The average molecular weight is 463 g/mol. The lowest BCUT2D eigenvalue weighted by molar-refractivity contribution is -0.146. The van der Waals surface area contributed by atoms with Gasteiger partial charge in [-0.2, -0.15) is 0 Å². The summed E-state index contributed by atoms with van der Waals surface area (Å²) in [7, 11) is 0. The fraction of sp³-hybridized carbons (Fsp3) is 0.444. The number of amides is 2. The lowest BCUT2D eigenvalue weighted by Gasteiger charge is -2.42. The Bertz CT molecular complexity index is 1080. The summed E-state index contributed by atoms with van der Waals surface area (Å²) in [5.41, 5.74) is 3.99. The number of carboxylic acids is 1. The van der Waals surface area contributed by atoms with Crippen molar-refractivity contribution in [3.63, 3.8) is 0 Å². The average Bonchev–Trinajstić information content (AvgIpc) is 3.35. The van der Waals surface area contributed by atoms with Crippen LogP contribution in [0.1, 0.15) is 43.2 Å². The predicted molar refractivity (Wildman–Crippen MR) is 126 cm³/mol. The van der Waals surface area contributed by atoms with Gasteiger partial charge in [-0.25, -0.2) is 4.79 Å². The molecule has 0 spiro atoms. The Labute approximate surface area is 199 Å². The summed E-state index contributed by atoms with van der Waals surface area (Å²) in [4.78, 5) is 39.0. The molecule has 0 bridgehead atoms. The summed E-state index contributed by atoms with van der Waals surface area (Å²) in [5.74, 6) is -1.53. The largest absolute Gasteiger partial charge is 0.481 e. The Morgan fingerprint density at radius 2 is 1.65 bits per heavy atom. The van der Waals surface area contributed by atoms with Crippen molar-refractivity contribution in [3.8, 4) is 11.1 Å². The van der Waals surface area contributed by atoms with Crippen LogP contribution in [0.5, 0.6) is 0 Å². The molecule has 1 saturated carbocycles. The van der Waals surface area contributed by atoms with Gasteiger partial charge in [0.05, 0.1) is 11.3 Å². The standard InChI is InChI=1S/C27H30N2O5/c1-17-13-29(14-22(17)24(30)31)25(32)27(11-6-12-27)16-28-26(33)34-15-23-20-9-4-2-7-18(20)19-8-3-5-10-21(19)23/h2-5,7-10,17,22-23H,6,11-16H2,1H3,(H,28,33)(H,30,31)/t17-,22-/m1/s1. The van der Waals surface area contributed by atoms with E-state index in [2.05, 4.69) is 29.6 Å². The van der Waals surface area contributed by atoms with Gasteiger partial charge in [0.2, 0.25) is 5.91 Å². The highest BCUT2D eigenvalue weighted by atomic mass is 16.5. The summed E-state index contributed by atoms with van der Waals surface area (Å²) in [5, 5.41) is 12.2. The van der Waals surface area contributed by atoms with Crippen LogP contribution in [0.2, 0.25) is 0 Å². The summed E-state index contributed by atoms with van der Waals surface area (Å²) in [6.45, 7) is 2.99. The highest BCUT2D eigenvalue weighted by Gasteiger charge is 2.49. The second-order valence-electron chi connectivity index (χ2n) is 9.95. The van der Waals surface area contributed by atoms with Gasteiger partial charge < -0.3 is 20.1 Å². The van der Waals surface area contributed by atoms with Crippen molar-refractivity contribution in [3.05, 3.63) is 59.7 Å². The number of likely N-dealkylation sites (tertiary alicyclic amines) is 1. The van der Waals surface area contributed by atoms with Crippen LogP contribution in [0, 0.1) is 17.3 Å². The number of alkyl carbamates (subject to hydrolysis) is 1. The number of rotatable bonds is 6. The minimum Gasteiger partial charge on any atom is -0.481 e. The number of fused-ring (bicyclic) bond motifs is 3. The van der Waals surface area contributed by atoms with E-state index in [1.807, 2.05) is 31.2 Å². The number of hydrogen-bond acceptors (Lipinski definition) is 4. The van der Waals surface area contributed by atoms with E-state index in [1.54, 1.807) is 4.90 Å². The van der Waals surface area contributed by atoms with Gasteiger partial charge in [-0.05, 0) is 41.0 Å². The first-order valence-corrected chi connectivity index (χ1v) is 12.0. The minimum absolute atomic E-state index is 0.0171. The van der Waals surface area contributed by atoms with Crippen molar-refractivity contribution in [2.45, 2.75) is 32.1 Å². The van der Waals surface area contributed by atoms with Crippen molar-refractivity contribution in [1.82, 2.24) is 10.2 Å². The van der Waals surface area contributed by atoms with E-state index in [4.69, 9.17) is 4.74 Å². The number of hydrogen-bond donors (Lipinski definition) is 2. The molecule has 2 N–H and O–H groups in total. The van der Waals surface area contributed by atoms with Crippen LogP contribution in [0.15, 0.2) is 48.5 Å². The van der Waals surface area contributed by atoms with Crippen LogP contribution >= 0.6 is 0 Å². The Morgan fingerprint density at radius 1 is 1.03 bits per heavy atom. The smallest absolute Gasteiger partial charge is 0.407 e. The van der Waals surface area contributed by atoms with Gasteiger partial charge >= 0.3 is 12.1 Å². The molecule has 7 heteroatoms. The molecule has 178 valence electrons. The normalized spacial score (nSPS) is 22.4. The third-order valence-electron chi connectivity index (χ3n) is 7.90. The molecule has 2 fully saturated rings. The van der Waals surface area contributed by atoms with Gasteiger partial charge in [-0.15, -0.1) is 0 Å². The van der Waals surface area contributed by atoms with Crippen LogP contribution in [-0.4, -0.2) is 54.2 Å². The zero-order chi connectivity index (χ0) is 23.9. The molecule has 0 unspecified atom stereocenters. The molecule has 3 aliphatic rings. The molecule has 0 radical (unpaired) electrons. The zero-order valence-corrected chi connectivity index (χ0v) is 19.3. The maximum atomic E-state index is 13.3. The van der Waals surface area contributed by atoms with Crippen molar-refractivity contribution < 1.29 is 24.2 Å². The molecule has 2 aliphatic carbocycles. The highest BCUT2D eigenvalue weighted by Crippen LogP contribution is 2.45. The topological polar surface area (TPSA) is 95.9 Å². The molecule has 2 aromatic rings. The number of carboxylic acid groups (broad SMARTS) is 1. The maximum Gasteiger partial charge on any atom is 0.407 e. The number of carbonyl (C=O) groups excluding carboxylic acids is 2. The van der Waals surface area contributed by atoms with E-state index >= 15 is 0 Å². The molecule has 7 nitrogen and oxygen atoms in total. The quantitative estimate of drug-likeness (QED) is 0.679. The molecule has 34 heavy (non-hydrogen) atoms. The third-order valence-corrected chi connectivity index (χ3v) is 7.90. The SMILES string of the molecule is C[C@@H]1CN(C(=O)C2(CNC(=O)OCC3c4ccccc4-c4ccccc43)CCC2)C[C@H]1C(=O)O. The van der Waals surface area contributed by atoms with E-state index < -0.39 is 23.4 Å². The number of aliphatic carboxylic acids is 1. The molecular weight excluding hydrogens is 432 g/mol. The Balaban J connectivity index is 1.20. The number of benzene rings is 2. The highest BCUT2D eigenvalue weighted by molar-refractivity contribution is 5.86. The van der Waals surface area contributed by atoms with Gasteiger partial charge in [0.1, 0.15) is 6.61 Å². The lowest BCUT2D eigenvalue weighted by Crippen LogP contribution is -2.53. The lowest BCUT2D eigenvalue weighted by atomic mass is 9.67. The fourth-order valence-corrected chi connectivity index (χ4v) is 5.75. The van der Waals surface area contributed by atoms with E-state index in [0.29, 0.717) is 19.4 Å². The molecule has 1 aliphatic heterocycles. The molecule has 1 saturated heterocycles. The van der Waals surface area contributed by atoms with Crippen molar-refractivity contribution in [2.24, 2.45) is 17.3 Å². The first kappa shape index (κ1) is 22.4. The Morgan fingerprint density at radius 3 is 2.18 bits per heavy atom. The summed E-state index contributed by atoms with van der Waals surface area (Å²) >= 11 is 0. The van der Waals surface area contributed by atoms with Gasteiger partial charge in [0, 0.05) is 25.6 Å². The second-order valence-corrected chi connectivity index (χ2v) is 9.95. The summed E-state index contributed by atoms with van der Waals surface area (Å²) in [6, 6.07) is 16.4. The first-order valence-electron chi connectivity index (χ1n) is 12.0. The number of ether oxygens (including phenoxy) is 1. The summed E-state index contributed by atoms with van der Waals surface area (Å²) in [6.07, 6.45) is 1.78. The second kappa shape index (κ2) is 8.78.